The van der Waals surface area contributed by atoms with Crippen molar-refractivity contribution in [2.75, 3.05) is 13.7 Å². The quantitative estimate of drug-likeness (QED) is 0.697. The van der Waals surface area contributed by atoms with Gasteiger partial charge < -0.3 is 15.4 Å². The molecular formula is C23H33N3O4. The Morgan fingerprint density at radius 1 is 1.27 bits per heavy atom. The topological polar surface area (TPSA) is 87.7 Å². The number of nitrogens with zero attached hydrogens (tertiary/aromatic N) is 1. The van der Waals surface area contributed by atoms with Crippen LogP contribution in [0, 0.1) is 11.3 Å². The zero-order valence-electron chi connectivity index (χ0n) is 18.6. The van der Waals surface area contributed by atoms with Gasteiger partial charge in [0.25, 0.3) is 5.91 Å². The van der Waals surface area contributed by atoms with Crippen molar-refractivity contribution in [3.05, 3.63) is 29.8 Å². The van der Waals surface area contributed by atoms with Gasteiger partial charge in [-0.05, 0) is 54.7 Å². The fourth-order valence-electron chi connectivity index (χ4n) is 5.29. The highest BCUT2D eigenvalue weighted by Crippen LogP contribution is 2.46. The summed E-state index contributed by atoms with van der Waals surface area (Å²) in [6.45, 7) is 8.06. The van der Waals surface area contributed by atoms with Crippen LogP contribution in [0.15, 0.2) is 24.3 Å². The minimum atomic E-state index is -0.890. The van der Waals surface area contributed by atoms with Crippen molar-refractivity contribution in [2.45, 2.75) is 65.0 Å². The summed E-state index contributed by atoms with van der Waals surface area (Å²) in [6, 6.07) is 6.82. The SMILES string of the molecule is CC[C@H](NC(=O)CN1C(=O)N[C@@]2(C[C@H](C)CC(C)(C)C2)C1=O)c1ccc(OC)cc1. The molecule has 0 aromatic heterocycles. The van der Waals surface area contributed by atoms with E-state index in [1.165, 1.54) is 0 Å². The van der Waals surface area contributed by atoms with E-state index in [0.29, 0.717) is 25.2 Å². The van der Waals surface area contributed by atoms with Crippen LogP contribution in [0.2, 0.25) is 0 Å². The summed E-state index contributed by atoms with van der Waals surface area (Å²) in [5.74, 6) is 0.446. The van der Waals surface area contributed by atoms with Crippen LogP contribution in [0.4, 0.5) is 4.79 Å². The number of benzene rings is 1. The number of hydrogen-bond donors (Lipinski definition) is 2. The second kappa shape index (κ2) is 8.28. The lowest BCUT2D eigenvalue weighted by molar-refractivity contribution is -0.137. The first-order valence-electron chi connectivity index (χ1n) is 10.7. The van der Waals surface area contributed by atoms with Crippen molar-refractivity contribution < 1.29 is 19.1 Å². The molecule has 30 heavy (non-hydrogen) atoms. The largest absolute Gasteiger partial charge is 0.497 e. The highest BCUT2D eigenvalue weighted by Gasteiger charge is 2.56. The maximum Gasteiger partial charge on any atom is 0.325 e. The molecule has 7 nitrogen and oxygen atoms in total. The average Bonchev–Trinajstić information content (AvgIpc) is 2.87. The summed E-state index contributed by atoms with van der Waals surface area (Å²) in [4.78, 5) is 39.6. The minimum Gasteiger partial charge on any atom is -0.497 e. The molecule has 1 saturated carbocycles. The number of amides is 4. The van der Waals surface area contributed by atoms with E-state index in [1.54, 1.807) is 7.11 Å². The van der Waals surface area contributed by atoms with Gasteiger partial charge >= 0.3 is 6.03 Å². The first-order chi connectivity index (χ1) is 14.1. The molecule has 1 aliphatic carbocycles. The van der Waals surface area contributed by atoms with Crippen molar-refractivity contribution in [1.82, 2.24) is 15.5 Å². The monoisotopic (exact) mass is 415 g/mol. The molecule has 1 saturated heterocycles. The summed E-state index contributed by atoms with van der Waals surface area (Å²) in [6.07, 6.45) is 2.91. The highest BCUT2D eigenvalue weighted by atomic mass is 16.5. The van der Waals surface area contributed by atoms with E-state index in [2.05, 4.69) is 31.4 Å². The molecule has 7 heteroatoms. The number of carbonyl (C=O) groups is 3. The van der Waals surface area contributed by atoms with Gasteiger partial charge in [-0.1, -0.05) is 39.8 Å². The Balaban J connectivity index is 1.68. The lowest BCUT2D eigenvalue weighted by Crippen LogP contribution is -2.54. The predicted octanol–water partition coefficient (Wildman–Crippen LogP) is 3.40. The lowest BCUT2D eigenvalue weighted by Gasteiger charge is -2.43. The van der Waals surface area contributed by atoms with Gasteiger partial charge in [0.05, 0.1) is 13.2 Å². The Kier molecular flexibility index (Phi) is 6.11. The summed E-state index contributed by atoms with van der Waals surface area (Å²) in [5.41, 5.74) is 0.0161. The van der Waals surface area contributed by atoms with E-state index in [4.69, 9.17) is 4.74 Å². The Morgan fingerprint density at radius 2 is 1.93 bits per heavy atom. The molecule has 2 fully saturated rings. The van der Waals surface area contributed by atoms with Crippen molar-refractivity contribution in [1.29, 1.82) is 0 Å². The lowest BCUT2D eigenvalue weighted by atomic mass is 9.64. The summed E-state index contributed by atoms with van der Waals surface area (Å²) in [7, 11) is 1.60. The summed E-state index contributed by atoms with van der Waals surface area (Å²) >= 11 is 0. The van der Waals surface area contributed by atoms with E-state index in [9.17, 15) is 14.4 Å². The van der Waals surface area contributed by atoms with Crippen LogP contribution in [0.5, 0.6) is 5.75 Å². The van der Waals surface area contributed by atoms with E-state index in [1.807, 2.05) is 31.2 Å². The normalized spacial score (nSPS) is 26.4. The fraction of sp³-hybridized carbons (Fsp3) is 0.609. The molecule has 0 radical (unpaired) electrons. The van der Waals surface area contributed by atoms with Crippen molar-refractivity contribution in [2.24, 2.45) is 11.3 Å². The second-order valence-electron chi connectivity index (χ2n) is 9.56. The molecule has 1 heterocycles. The summed E-state index contributed by atoms with van der Waals surface area (Å²) < 4.78 is 5.18. The molecule has 2 N–H and O–H groups in total. The Morgan fingerprint density at radius 3 is 2.50 bits per heavy atom. The number of hydrogen-bond acceptors (Lipinski definition) is 4. The van der Waals surface area contributed by atoms with Gasteiger partial charge in [-0.2, -0.15) is 0 Å². The Bertz CT molecular complexity index is 820. The zero-order valence-corrected chi connectivity index (χ0v) is 18.6. The molecule has 2 aliphatic rings. The average molecular weight is 416 g/mol. The molecule has 1 aliphatic heterocycles. The van der Waals surface area contributed by atoms with Crippen LogP contribution < -0.4 is 15.4 Å². The van der Waals surface area contributed by atoms with Crippen LogP contribution in [-0.2, 0) is 9.59 Å². The molecule has 1 aromatic rings. The maximum atomic E-state index is 13.2. The molecule has 0 unspecified atom stereocenters. The van der Waals surface area contributed by atoms with Gasteiger partial charge in [0, 0.05) is 0 Å². The number of carbonyl (C=O) groups excluding carboxylic acids is 3. The number of nitrogens with one attached hydrogen (secondary N) is 2. The second-order valence-corrected chi connectivity index (χ2v) is 9.56. The molecule has 0 bridgehead atoms. The first-order valence-corrected chi connectivity index (χ1v) is 10.7. The van der Waals surface area contributed by atoms with Gasteiger partial charge in [0.2, 0.25) is 5.91 Å². The number of urea groups is 1. The van der Waals surface area contributed by atoms with Crippen LogP contribution in [0.3, 0.4) is 0 Å². The standard InChI is InChI=1S/C23H33N3O4/c1-6-18(16-7-9-17(30-5)10-8-16)24-19(27)13-26-20(28)23(25-21(26)29)12-15(2)11-22(3,4)14-23/h7-10,15,18H,6,11-14H2,1-5H3,(H,24,27)(H,25,29)/t15-,18+,23-/m1/s1. The van der Waals surface area contributed by atoms with Crippen LogP contribution in [0.1, 0.15) is 65.0 Å². The van der Waals surface area contributed by atoms with Crippen molar-refractivity contribution in [3.63, 3.8) is 0 Å². The van der Waals surface area contributed by atoms with Gasteiger partial charge in [0.1, 0.15) is 17.8 Å². The predicted molar refractivity (Wildman–Crippen MR) is 114 cm³/mol. The molecule has 1 spiro atoms. The minimum absolute atomic E-state index is 0.0411. The third-order valence-electron chi connectivity index (χ3n) is 6.19. The molecule has 3 rings (SSSR count). The van der Waals surface area contributed by atoms with E-state index in [0.717, 1.165) is 22.6 Å². The molecule has 1 aromatic carbocycles. The maximum absolute atomic E-state index is 13.2. The van der Waals surface area contributed by atoms with Crippen LogP contribution >= 0.6 is 0 Å². The van der Waals surface area contributed by atoms with Crippen LogP contribution in [-0.4, -0.2) is 41.9 Å². The molecule has 164 valence electrons. The molecular weight excluding hydrogens is 382 g/mol. The third kappa shape index (κ3) is 4.45. The molecule has 3 atom stereocenters. The fourth-order valence-corrected chi connectivity index (χ4v) is 5.29. The van der Waals surface area contributed by atoms with Gasteiger partial charge in [-0.3, -0.25) is 14.5 Å². The zero-order chi connectivity index (χ0) is 22.1. The smallest absolute Gasteiger partial charge is 0.325 e. The molecule has 4 amide bonds. The van der Waals surface area contributed by atoms with Gasteiger partial charge in [-0.15, -0.1) is 0 Å². The first kappa shape index (κ1) is 22.1. The van der Waals surface area contributed by atoms with Crippen LogP contribution in [0.25, 0.3) is 0 Å². The number of imide groups is 1. The van der Waals surface area contributed by atoms with Crippen molar-refractivity contribution in [3.8, 4) is 5.75 Å². The van der Waals surface area contributed by atoms with Gasteiger partial charge in [-0.25, -0.2) is 4.79 Å². The van der Waals surface area contributed by atoms with E-state index in [-0.39, 0.29) is 29.8 Å². The van der Waals surface area contributed by atoms with E-state index >= 15 is 0 Å². The van der Waals surface area contributed by atoms with Crippen molar-refractivity contribution >= 4 is 17.8 Å². The summed E-state index contributed by atoms with van der Waals surface area (Å²) in [5, 5.41) is 5.87. The Labute approximate surface area is 178 Å². The van der Waals surface area contributed by atoms with Gasteiger partial charge in [0.15, 0.2) is 0 Å². The highest BCUT2D eigenvalue weighted by molar-refractivity contribution is 6.09. The van der Waals surface area contributed by atoms with E-state index < -0.39 is 11.6 Å². The number of methoxy groups -OCH3 is 1. The number of ether oxygens (including phenoxy) is 1. The Hall–Kier alpha value is -2.57. The third-order valence-corrected chi connectivity index (χ3v) is 6.19. The number of rotatable bonds is 6.